The minimum absolute atomic E-state index is 0.819. The van der Waals surface area contributed by atoms with Gasteiger partial charge in [-0.25, -0.2) is 0 Å². The fraction of sp³-hybridized carbons (Fsp3) is 0.833. The maximum absolute atomic E-state index is 2.76. The Morgan fingerprint density at radius 1 is 1.00 bits per heavy atom. The van der Waals surface area contributed by atoms with E-state index in [0.717, 1.165) is 18.0 Å². The molecule has 1 aliphatic carbocycles. The van der Waals surface area contributed by atoms with Gasteiger partial charge in [0.25, 0.3) is 0 Å². The van der Waals surface area contributed by atoms with Crippen molar-refractivity contribution in [1.29, 1.82) is 0 Å². The zero-order valence-electron chi connectivity index (χ0n) is 8.28. The van der Waals surface area contributed by atoms with Gasteiger partial charge in [0.15, 0.2) is 0 Å². The van der Waals surface area contributed by atoms with Crippen LogP contribution in [0.2, 0.25) is 0 Å². The van der Waals surface area contributed by atoms with Gasteiger partial charge in [-0.05, 0) is 31.6 Å². The average Bonchev–Trinajstić information content (AvgIpc) is 2.65. The molecule has 3 aliphatic rings. The molecule has 72 valence electrons. The number of piperidine rings is 1. The highest BCUT2D eigenvalue weighted by atomic mass is 15.2. The molecular weight excluding hydrogens is 158 g/mol. The second-order valence-electron chi connectivity index (χ2n) is 4.88. The van der Waals surface area contributed by atoms with Crippen molar-refractivity contribution in [3.63, 3.8) is 0 Å². The lowest BCUT2D eigenvalue weighted by atomic mass is 9.77. The maximum Gasteiger partial charge on any atom is 0.0285 e. The fourth-order valence-electron chi connectivity index (χ4n) is 3.58. The van der Waals surface area contributed by atoms with Crippen molar-refractivity contribution in [2.45, 2.75) is 50.6 Å². The summed E-state index contributed by atoms with van der Waals surface area (Å²) in [7, 11) is 0. The summed E-state index contributed by atoms with van der Waals surface area (Å²) in [5, 5.41) is 0. The number of hydrogen-bond donors (Lipinski definition) is 0. The summed E-state index contributed by atoms with van der Waals surface area (Å²) in [6.07, 6.45) is 13.7. The highest BCUT2D eigenvalue weighted by Crippen LogP contribution is 2.39. The topological polar surface area (TPSA) is 3.24 Å². The molecule has 0 bridgehead atoms. The molecule has 2 fully saturated rings. The molecule has 0 aromatic rings. The van der Waals surface area contributed by atoms with E-state index in [2.05, 4.69) is 17.1 Å². The molecule has 0 N–H and O–H groups in total. The number of nitrogens with zero attached hydrogens (tertiary/aromatic N) is 1. The van der Waals surface area contributed by atoms with Crippen molar-refractivity contribution in [2.75, 3.05) is 6.54 Å². The lowest BCUT2D eigenvalue weighted by Crippen LogP contribution is -2.49. The van der Waals surface area contributed by atoms with Crippen molar-refractivity contribution in [2.24, 2.45) is 5.92 Å². The monoisotopic (exact) mass is 177 g/mol. The van der Waals surface area contributed by atoms with Gasteiger partial charge in [-0.2, -0.15) is 0 Å². The summed E-state index contributed by atoms with van der Waals surface area (Å²) in [5.74, 6) is 1.05. The van der Waals surface area contributed by atoms with Crippen molar-refractivity contribution < 1.29 is 0 Å². The molecule has 2 heterocycles. The molecule has 1 nitrogen and oxygen atoms in total. The zero-order valence-corrected chi connectivity index (χ0v) is 8.28. The highest BCUT2D eigenvalue weighted by Gasteiger charge is 2.38. The first kappa shape index (κ1) is 8.05. The van der Waals surface area contributed by atoms with Gasteiger partial charge in [-0.1, -0.05) is 25.0 Å². The molecule has 0 amide bonds. The molecule has 1 saturated carbocycles. The van der Waals surface area contributed by atoms with Crippen LogP contribution in [0.3, 0.4) is 0 Å². The van der Waals surface area contributed by atoms with E-state index in [9.17, 15) is 0 Å². The smallest absolute Gasteiger partial charge is 0.0285 e. The second-order valence-corrected chi connectivity index (χ2v) is 4.88. The van der Waals surface area contributed by atoms with Crippen LogP contribution in [0.4, 0.5) is 0 Å². The quantitative estimate of drug-likeness (QED) is 0.514. The first-order valence-electron chi connectivity index (χ1n) is 5.87. The molecular formula is C12H19N. The molecule has 13 heavy (non-hydrogen) atoms. The molecule has 0 radical (unpaired) electrons. The van der Waals surface area contributed by atoms with Crippen LogP contribution in [-0.2, 0) is 0 Å². The van der Waals surface area contributed by atoms with Crippen LogP contribution in [0, 0.1) is 5.92 Å². The average molecular weight is 177 g/mol. The van der Waals surface area contributed by atoms with E-state index in [4.69, 9.17) is 0 Å². The third kappa shape index (κ3) is 1.25. The molecule has 0 aromatic carbocycles. The SMILES string of the molecule is C1=CC2CCC3CCCCC3N2C1. The van der Waals surface area contributed by atoms with E-state index in [1.165, 1.54) is 45.1 Å². The Bertz CT molecular complexity index is 221. The third-order valence-electron chi connectivity index (χ3n) is 4.23. The summed E-state index contributed by atoms with van der Waals surface area (Å²) in [6, 6.07) is 1.77. The molecule has 2 aliphatic heterocycles. The summed E-state index contributed by atoms with van der Waals surface area (Å²) < 4.78 is 0. The molecule has 3 atom stereocenters. The van der Waals surface area contributed by atoms with E-state index in [1.807, 2.05) is 0 Å². The Hall–Kier alpha value is -0.300. The number of rotatable bonds is 0. The normalized spacial score (nSPS) is 44.5. The van der Waals surface area contributed by atoms with Crippen molar-refractivity contribution >= 4 is 0 Å². The Morgan fingerprint density at radius 3 is 2.92 bits per heavy atom. The predicted molar refractivity (Wildman–Crippen MR) is 54.6 cm³/mol. The summed E-state index contributed by atoms with van der Waals surface area (Å²) in [6.45, 7) is 1.24. The van der Waals surface area contributed by atoms with Gasteiger partial charge in [-0.3, -0.25) is 4.90 Å². The predicted octanol–water partition coefficient (Wildman–Crippen LogP) is 2.58. The molecule has 3 rings (SSSR count). The Balaban J connectivity index is 1.78. The largest absolute Gasteiger partial charge is 0.290 e. The lowest BCUT2D eigenvalue weighted by Gasteiger charge is -2.45. The van der Waals surface area contributed by atoms with E-state index in [1.54, 1.807) is 0 Å². The summed E-state index contributed by atoms with van der Waals surface area (Å²) in [4.78, 5) is 2.76. The molecule has 1 heteroatoms. The Morgan fingerprint density at radius 2 is 1.92 bits per heavy atom. The standard InChI is InChI=1S/C12H19N/c1-2-6-12-10(4-1)7-8-11-5-3-9-13(11)12/h3,5,10-12H,1-2,4,6-9H2. The van der Waals surface area contributed by atoms with Crippen LogP contribution in [0.25, 0.3) is 0 Å². The summed E-state index contributed by atoms with van der Waals surface area (Å²) >= 11 is 0. The van der Waals surface area contributed by atoms with Gasteiger partial charge in [0.05, 0.1) is 0 Å². The lowest BCUT2D eigenvalue weighted by molar-refractivity contribution is 0.0513. The van der Waals surface area contributed by atoms with Crippen LogP contribution < -0.4 is 0 Å². The zero-order chi connectivity index (χ0) is 8.67. The van der Waals surface area contributed by atoms with E-state index < -0.39 is 0 Å². The van der Waals surface area contributed by atoms with Crippen molar-refractivity contribution in [3.8, 4) is 0 Å². The highest BCUT2D eigenvalue weighted by molar-refractivity contribution is 5.09. The van der Waals surface area contributed by atoms with Crippen molar-refractivity contribution in [3.05, 3.63) is 12.2 Å². The van der Waals surface area contributed by atoms with Crippen LogP contribution in [-0.4, -0.2) is 23.5 Å². The summed E-state index contributed by atoms with van der Waals surface area (Å²) in [5.41, 5.74) is 0. The van der Waals surface area contributed by atoms with E-state index in [-0.39, 0.29) is 0 Å². The first-order chi connectivity index (χ1) is 6.45. The minimum atomic E-state index is 0.819. The van der Waals surface area contributed by atoms with Crippen LogP contribution in [0.5, 0.6) is 0 Å². The second kappa shape index (κ2) is 3.13. The van der Waals surface area contributed by atoms with E-state index in [0.29, 0.717) is 0 Å². The van der Waals surface area contributed by atoms with Crippen LogP contribution >= 0.6 is 0 Å². The molecule has 1 saturated heterocycles. The molecule has 0 spiro atoms. The minimum Gasteiger partial charge on any atom is -0.290 e. The van der Waals surface area contributed by atoms with Gasteiger partial charge >= 0.3 is 0 Å². The van der Waals surface area contributed by atoms with Gasteiger partial charge in [0, 0.05) is 18.6 Å². The van der Waals surface area contributed by atoms with Gasteiger partial charge in [0.2, 0.25) is 0 Å². The van der Waals surface area contributed by atoms with Crippen LogP contribution in [0.15, 0.2) is 12.2 Å². The van der Waals surface area contributed by atoms with Crippen LogP contribution in [0.1, 0.15) is 38.5 Å². The van der Waals surface area contributed by atoms with Gasteiger partial charge < -0.3 is 0 Å². The third-order valence-corrected chi connectivity index (χ3v) is 4.23. The fourth-order valence-corrected chi connectivity index (χ4v) is 3.58. The number of fused-ring (bicyclic) bond motifs is 3. The van der Waals surface area contributed by atoms with Gasteiger partial charge in [0.1, 0.15) is 0 Å². The maximum atomic E-state index is 2.76. The Labute approximate surface area is 80.8 Å². The first-order valence-corrected chi connectivity index (χ1v) is 5.87. The van der Waals surface area contributed by atoms with Crippen molar-refractivity contribution in [1.82, 2.24) is 4.90 Å². The molecule has 0 aromatic heterocycles. The Kier molecular flexibility index (Phi) is 1.93. The molecule has 3 unspecified atom stereocenters. The number of hydrogen-bond acceptors (Lipinski definition) is 1. The van der Waals surface area contributed by atoms with E-state index >= 15 is 0 Å². The van der Waals surface area contributed by atoms with Gasteiger partial charge in [-0.15, -0.1) is 0 Å².